The van der Waals surface area contributed by atoms with E-state index in [9.17, 15) is 9.59 Å². The van der Waals surface area contributed by atoms with Gasteiger partial charge in [-0.15, -0.1) is 0 Å². The van der Waals surface area contributed by atoms with Crippen molar-refractivity contribution in [3.63, 3.8) is 0 Å². The zero-order valence-electron chi connectivity index (χ0n) is 11.3. The van der Waals surface area contributed by atoms with Gasteiger partial charge < -0.3 is 10.1 Å². The van der Waals surface area contributed by atoms with Crippen LogP contribution in [0, 0.1) is 0 Å². The topological polar surface area (TPSA) is 79.8 Å². The molecule has 0 saturated carbocycles. The first-order valence-corrected chi connectivity index (χ1v) is 6.58. The number of nitrogens with one attached hydrogen (secondary N) is 2. The summed E-state index contributed by atoms with van der Waals surface area (Å²) in [5, 5.41) is 6.82. The van der Waals surface area contributed by atoms with Crippen molar-refractivity contribution in [2.45, 2.75) is 19.8 Å². The second kappa shape index (κ2) is 6.70. The Morgan fingerprint density at radius 2 is 2.15 bits per heavy atom. The summed E-state index contributed by atoms with van der Waals surface area (Å²) in [4.78, 5) is 23.0. The van der Waals surface area contributed by atoms with Crippen molar-refractivity contribution in [1.29, 1.82) is 0 Å². The number of anilines is 1. The van der Waals surface area contributed by atoms with Gasteiger partial charge in [0.25, 0.3) is 5.91 Å². The first-order chi connectivity index (χ1) is 9.70. The van der Waals surface area contributed by atoms with Gasteiger partial charge in [-0.2, -0.15) is 5.10 Å². The summed E-state index contributed by atoms with van der Waals surface area (Å²) in [6.45, 7) is 2.81. The van der Waals surface area contributed by atoms with Crippen LogP contribution < -0.4 is 10.7 Å². The first kappa shape index (κ1) is 14.0. The lowest BCUT2D eigenvalue weighted by Gasteiger charge is -2.13. The minimum atomic E-state index is -0.350. The lowest BCUT2D eigenvalue weighted by atomic mass is 10.1. The summed E-state index contributed by atoms with van der Waals surface area (Å²) in [6.07, 6.45) is 1.56. The zero-order chi connectivity index (χ0) is 14.4. The van der Waals surface area contributed by atoms with Crippen LogP contribution in [0.4, 0.5) is 5.69 Å². The molecule has 1 amide bonds. The van der Waals surface area contributed by atoms with Gasteiger partial charge in [0.2, 0.25) is 0 Å². The molecular weight excluding hydrogens is 258 g/mol. The van der Waals surface area contributed by atoms with Crippen molar-refractivity contribution < 1.29 is 14.3 Å². The fourth-order valence-corrected chi connectivity index (χ4v) is 1.81. The quantitative estimate of drug-likeness (QED) is 0.645. The van der Waals surface area contributed by atoms with E-state index in [1.165, 1.54) is 0 Å². The number of hydrazone groups is 1. The van der Waals surface area contributed by atoms with Crippen LogP contribution in [-0.2, 0) is 9.53 Å². The molecule has 2 rings (SSSR count). The predicted molar refractivity (Wildman–Crippen MR) is 75.7 cm³/mol. The molecule has 1 heterocycles. The molecule has 1 saturated heterocycles. The maximum absolute atomic E-state index is 11.5. The average Bonchev–Trinajstić information content (AvgIpc) is 2.47. The molecule has 0 unspecified atom stereocenters. The number of piperidine rings is 1. The van der Waals surface area contributed by atoms with Crippen molar-refractivity contribution in [2.24, 2.45) is 5.10 Å². The Morgan fingerprint density at radius 3 is 2.80 bits per heavy atom. The van der Waals surface area contributed by atoms with Crippen molar-refractivity contribution in [2.75, 3.05) is 18.6 Å². The smallest absolute Gasteiger partial charge is 0.338 e. The summed E-state index contributed by atoms with van der Waals surface area (Å²) in [5.74, 6) is -0.482. The highest BCUT2D eigenvalue weighted by molar-refractivity contribution is 6.39. The number of hydrogen-bond donors (Lipinski definition) is 2. The highest BCUT2D eigenvalue weighted by Gasteiger charge is 2.15. The standard InChI is InChI=1S/C14H17N3O3/c1-2-20-14(19)10-5-7-11(8-6-10)16-17-12-4-3-9-15-13(12)18/h5-8,16H,2-4,9H2,1H3,(H,15,18). The number of carbonyl (C=O) groups excluding carboxylic acids is 2. The van der Waals surface area contributed by atoms with Gasteiger partial charge >= 0.3 is 5.97 Å². The van der Waals surface area contributed by atoms with Gasteiger partial charge in [-0.25, -0.2) is 4.79 Å². The van der Waals surface area contributed by atoms with Crippen molar-refractivity contribution >= 4 is 23.3 Å². The van der Waals surface area contributed by atoms with Crippen LogP contribution in [-0.4, -0.2) is 30.7 Å². The van der Waals surface area contributed by atoms with E-state index in [4.69, 9.17) is 4.74 Å². The molecule has 0 aliphatic carbocycles. The summed E-state index contributed by atoms with van der Waals surface area (Å²) in [6, 6.07) is 6.75. The van der Waals surface area contributed by atoms with E-state index in [0.29, 0.717) is 36.5 Å². The molecule has 20 heavy (non-hydrogen) atoms. The van der Waals surface area contributed by atoms with E-state index in [0.717, 1.165) is 6.42 Å². The van der Waals surface area contributed by atoms with Crippen molar-refractivity contribution in [1.82, 2.24) is 5.32 Å². The van der Waals surface area contributed by atoms with Crippen LogP contribution in [0.1, 0.15) is 30.1 Å². The second-order valence-electron chi connectivity index (χ2n) is 4.33. The lowest BCUT2D eigenvalue weighted by Crippen LogP contribution is -2.37. The van der Waals surface area contributed by atoms with Crippen LogP contribution in [0.15, 0.2) is 29.4 Å². The monoisotopic (exact) mass is 275 g/mol. The summed E-state index contributed by atoms with van der Waals surface area (Å²) in [7, 11) is 0. The third-order valence-electron chi connectivity index (χ3n) is 2.85. The molecule has 0 atom stereocenters. The molecule has 6 nitrogen and oxygen atoms in total. The van der Waals surface area contributed by atoms with Gasteiger partial charge in [-0.1, -0.05) is 0 Å². The van der Waals surface area contributed by atoms with Crippen LogP contribution in [0.3, 0.4) is 0 Å². The number of esters is 1. The van der Waals surface area contributed by atoms with Gasteiger partial charge in [0.1, 0.15) is 5.71 Å². The van der Waals surface area contributed by atoms with E-state index in [2.05, 4.69) is 15.8 Å². The van der Waals surface area contributed by atoms with Gasteiger partial charge in [-0.05, 0) is 44.0 Å². The molecule has 1 fully saturated rings. The molecule has 1 aromatic carbocycles. The number of benzene rings is 1. The van der Waals surface area contributed by atoms with Crippen LogP contribution in [0.25, 0.3) is 0 Å². The Hall–Kier alpha value is -2.37. The summed E-state index contributed by atoms with van der Waals surface area (Å²) in [5.41, 5.74) is 4.51. The number of nitrogens with zero attached hydrogens (tertiary/aromatic N) is 1. The van der Waals surface area contributed by atoms with Gasteiger partial charge in [0.05, 0.1) is 17.9 Å². The van der Waals surface area contributed by atoms with Crippen LogP contribution >= 0.6 is 0 Å². The molecule has 106 valence electrons. The normalized spacial score (nSPS) is 16.6. The minimum absolute atomic E-state index is 0.133. The Bertz CT molecular complexity index is 523. The minimum Gasteiger partial charge on any atom is -0.462 e. The van der Waals surface area contributed by atoms with E-state index in [1.54, 1.807) is 31.2 Å². The maximum Gasteiger partial charge on any atom is 0.338 e. The van der Waals surface area contributed by atoms with Crippen LogP contribution in [0.5, 0.6) is 0 Å². The third-order valence-corrected chi connectivity index (χ3v) is 2.85. The average molecular weight is 275 g/mol. The molecule has 0 aromatic heterocycles. The summed E-state index contributed by atoms with van der Waals surface area (Å²) < 4.78 is 4.90. The third kappa shape index (κ3) is 3.57. The largest absolute Gasteiger partial charge is 0.462 e. The number of carbonyl (C=O) groups is 2. The van der Waals surface area contributed by atoms with Crippen molar-refractivity contribution in [3.05, 3.63) is 29.8 Å². The second-order valence-corrected chi connectivity index (χ2v) is 4.33. The molecular formula is C14H17N3O3. The lowest BCUT2D eigenvalue weighted by molar-refractivity contribution is -0.115. The number of rotatable bonds is 4. The zero-order valence-corrected chi connectivity index (χ0v) is 11.3. The highest BCUT2D eigenvalue weighted by Crippen LogP contribution is 2.11. The molecule has 6 heteroatoms. The molecule has 2 N–H and O–H groups in total. The molecule has 0 spiro atoms. The van der Waals surface area contributed by atoms with E-state index in [1.807, 2.05) is 0 Å². The van der Waals surface area contributed by atoms with Crippen molar-refractivity contribution in [3.8, 4) is 0 Å². The molecule has 0 radical (unpaired) electrons. The predicted octanol–water partition coefficient (Wildman–Crippen LogP) is 1.54. The Labute approximate surface area is 117 Å². The van der Waals surface area contributed by atoms with E-state index < -0.39 is 0 Å². The van der Waals surface area contributed by atoms with Gasteiger partial charge in [0.15, 0.2) is 0 Å². The van der Waals surface area contributed by atoms with Crippen LogP contribution in [0.2, 0.25) is 0 Å². The Kier molecular flexibility index (Phi) is 4.70. The first-order valence-electron chi connectivity index (χ1n) is 6.58. The SMILES string of the molecule is CCOC(=O)c1ccc(NN=C2CCCNC2=O)cc1. The number of ether oxygens (including phenoxy) is 1. The molecule has 0 bridgehead atoms. The molecule has 1 aromatic rings. The fourth-order valence-electron chi connectivity index (χ4n) is 1.81. The number of hydrogen-bond acceptors (Lipinski definition) is 5. The summed E-state index contributed by atoms with van der Waals surface area (Å²) >= 11 is 0. The van der Waals surface area contributed by atoms with Gasteiger partial charge in [-0.3, -0.25) is 10.2 Å². The van der Waals surface area contributed by atoms with Gasteiger partial charge in [0, 0.05) is 6.54 Å². The molecule has 1 aliphatic rings. The Morgan fingerprint density at radius 1 is 1.40 bits per heavy atom. The fraction of sp³-hybridized carbons (Fsp3) is 0.357. The van der Waals surface area contributed by atoms with E-state index in [-0.39, 0.29) is 11.9 Å². The highest BCUT2D eigenvalue weighted by atomic mass is 16.5. The van der Waals surface area contributed by atoms with E-state index >= 15 is 0 Å². The maximum atomic E-state index is 11.5. The molecule has 1 aliphatic heterocycles. The number of amides is 1. The Balaban J connectivity index is 1.98.